The van der Waals surface area contributed by atoms with Crippen LogP contribution in [-0.4, -0.2) is 16.1 Å². The van der Waals surface area contributed by atoms with E-state index in [1.807, 2.05) is 0 Å². The van der Waals surface area contributed by atoms with E-state index in [2.05, 4.69) is 31.4 Å². The third-order valence-electron chi connectivity index (χ3n) is 3.18. The summed E-state index contributed by atoms with van der Waals surface area (Å²) < 4.78 is 14.4. The van der Waals surface area contributed by atoms with Gasteiger partial charge >= 0.3 is 0 Å². The zero-order valence-electron chi connectivity index (χ0n) is 12.1. The summed E-state index contributed by atoms with van der Waals surface area (Å²) in [5, 5.41) is 10.9. The summed E-state index contributed by atoms with van der Waals surface area (Å²) in [6.45, 7) is 0. The van der Waals surface area contributed by atoms with E-state index in [0.717, 1.165) is 0 Å². The van der Waals surface area contributed by atoms with E-state index in [4.69, 9.17) is 11.6 Å². The molecule has 0 aliphatic rings. The first kappa shape index (κ1) is 16.5. The quantitative estimate of drug-likeness (QED) is 0.669. The van der Waals surface area contributed by atoms with Crippen molar-refractivity contribution in [2.24, 2.45) is 0 Å². The van der Waals surface area contributed by atoms with Crippen LogP contribution in [-0.2, 0) is 0 Å². The van der Waals surface area contributed by atoms with Crippen LogP contribution < -0.4 is 5.32 Å². The summed E-state index contributed by atoms with van der Waals surface area (Å²) >= 11 is 9.21. The fourth-order valence-electron chi connectivity index (χ4n) is 2.08. The van der Waals surface area contributed by atoms with Gasteiger partial charge in [0.2, 0.25) is 0 Å². The Labute approximate surface area is 150 Å². The largest absolute Gasteiger partial charge is 0.305 e. The third-order valence-corrected chi connectivity index (χ3v) is 3.86. The molecular formula is C17H10BrClFN3O. The molecule has 120 valence electrons. The number of nitrogens with zero attached hydrogens (tertiary/aromatic N) is 2. The van der Waals surface area contributed by atoms with E-state index in [-0.39, 0.29) is 17.5 Å². The first-order valence-electron chi connectivity index (χ1n) is 6.89. The highest BCUT2D eigenvalue weighted by Gasteiger charge is 2.11. The zero-order valence-corrected chi connectivity index (χ0v) is 14.5. The Morgan fingerprint density at radius 2 is 1.88 bits per heavy atom. The molecule has 1 heterocycles. The van der Waals surface area contributed by atoms with E-state index in [1.165, 1.54) is 6.07 Å². The van der Waals surface area contributed by atoms with E-state index >= 15 is 0 Å². The highest BCUT2D eigenvalue weighted by atomic mass is 79.9. The van der Waals surface area contributed by atoms with Gasteiger partial charge in [-0.1, -0.05) is 39.7 Å². The Morgan fingerprint density at radius 3 is 2.54 bits per heavy atom. The number of amides is 1. The molecule has 0 aliphatic heterocycles. The van der Waals surface area contributed by atoms with E-state index in [1.54, 1.807) is 48.5 Å². The lowest BCUT2D eigenvalue weighted by Crippen LogP contribution is -2.13. The second-order valence-corrected chi connectivity index (χ2v) is 6.25. The molecule has 0 radical (unpaired) electrons. The maximum atomic E-state index is 13.7. The lowest BCUT2D eigenvalue weighted by Gasteiger charge is -2.06. The molecule has 0 saturated carbocycles. The smallest absolute Gasteiger partial charge is 0.256 e. The predicted molar refractivity (Wildman–Crippen MR) is 94.5 cm³/mol. The first-order valence-corrected chi connectivity index (χ1v) is 8.06. The second-order valence-electron chi connectivity index (χ2n) is 4.90. The maximum Gasteiger partial charge on any atom is 0.256 e. The summed E-state index contributed by atoms with van der Waals surface area (Å²) in [5.41, 5.74) is 1.12. The minimum Gasteiger partial charge on any atom is -0.305 e. The molecular weight excluding hydrogens is 397 g/mol. The SMILES string of the molecule is O=C(Nc1ccc(-c2ccccc2F)nn1)c1cc(Cl)cc(Br)c1. The van der Waals surface area contributed by atoms with Gasteiger partial charge in [0.15, 0.2) is 5.82 Å². The van der Waals surface area contributed by atoms with Crippen LogP contribution in [0.3, 0.4) is 0 Å². The number of rotatable bonds is 3. The summed E-state index contributed by atoms with van der Waals surface area (Å²) in [6, 6.07) is 14.3. The maximum absolute atomic E-state index is 13.7. The minimum atomic E-state index is -0.382. The molecule has 1 N–H and O–H groups in total. The fourth-order valence-corrected chi connectivity index (χ4v) is 2.95. The number of aromatic nitrogens is 2. The van der Waals surface area contributed by atoms with Gasteiger partial charge in [-0.15, -0.1) is 10.2 Å². The van der Waals surface area contributed by atoms with Crippen LogP contribution in [0.5, 0.6) is 0 Å². The molecule has 0 aliphatic carbocycles. The third kappa shape index (κ3) is 3.77. The number of carbonyl (C=O) groups excluding carboxylic acids is 1. The summed E-state index contributed by atoms with van der Waals surface area (Å²) in [6.07, 6.45) is 0. The highest BCUT2D eigenvalue weighted by Crippen LogP contribution is 2.22. The zero-order chi connectivity index (χ0) is 17.1. The van der Waals surface area contributed by atoms with Crippen LogP contribution in [0, 0.1) is 5.82 Å². The Balaban J connectivity index is 1.79. The molecule has 4 nitrogen and oxygen atoms in total. The number of nitrogens with one attached hydrogen (secondary N) is 1. The van der Waals surface area contributed by atoms with Crippen LogP contribution in [0.15, 0.2) is 59.1 Å². The topological polar surface area (TPSA) is 54.9 Å². The summed E-state index contributed by atoms with van der Waals surface area (Å²) in [5.74, 6) is -0.491. The number of halogens is 3. The van der Waals surface area contributed by atoms with Crippen LogP contribution in [0.1, 0.15) is 10.4 Å². The Bertz CT molecular complexity index is 882. The molecule has 0 spiro atoms. The molecule has 2 aromatic carbocycles. The molecule has 1 aromatic heterocycles. The van der Waals surface area contributed by atoms with Crippen molar-refractivity contribution < 1.29 is 9.18 Å². The van der Waals surface area contributed by atoms with Crippen LogP contribution >= 0.6 is 27.5 Å². The molecule has 3 rings (SSSR count). The molecule has 7 heteroatoms. The summed E-state index contributed by atoms with van der Waals surface area (Å²) in [4.78, 5) is 12.2. The van der Waals surface area contributed by atoms with Gasteiger partial charge < -0.3 is 5.32 Å². The lowest BCUT2D eigenvalue weighted by molar-refractivity contribution is 0.102. The van der Waals surface area contributed by atoms with E-state index in [9.17, 15) is 9.18 Å². The standard InChI is InChI=1S/C17H10BrClFN3O/c18-11-7-10(8-12(19)9-11)17(24)21-16-6-5-15(22-23-16)13-3-1-2-4-14(13)20/h1-9H,(H,21,23,24). The van der Waals surface area contributed by atoms with Gasteiger partial charge in [0.25, 0.3) is 5.91 Å². The van der Waals surface area contributed by atoms with E-state index in [0.29, 0.717) is 26.3 Å². The number of anilines is 1. The molecule has 1 amide bonds. The molecule has 24 heavy (non-hydrogen) atoms. The predicted octanol–water partition coefficient (Wildman–Crippen LogP) is 4.95. The van der Waals surface area contributed by atoms with Crippen molar-refractivity contribution in [1.29, 1.82) is 0 Å². The number of benzene rings is 2. The summed E-state index contributed by atoms with van der Waals surface area (Å²) in [7, 11) is 0. The van der Waals surface area contributed by atoms with Crippen molar-refractivity contribution in [2.45, 2.75) is 0 Å². The van der Waals surface area contributed by atoms with Crippen molar-refractivity contribution in [3.8, 4) is 11.3 Å². The molecule has 0 bridgehead atoms. The normalized spacial score (nSPS) is 10.5. The highest BCUT2D eigenvalue weighted by molar-refractivity contribution is 9.10. The Morgan fingerprint density at radius 1 is 1.08 bits per heavy atom. The second kappa shape index (κ2) is 7.07. The van der Waals surface area contributed by atoms with Gasteiger partial charge in [0, 0.05) is 20.6 Å². The Kier molecular flexibility index (Phi) is 4.87. The fraction of sp³-hybridized carbons (Fsp3) is 0. The van der Waals surface area contributed by atoms with Crippen molar-refractivity contribution >= 4 is 39.3 Å². The van der Waals surface area contributed by atoms with Crippen molar-refractivity contribution in [1.82, 2.24) is 10.2 Å². The molecule has 0 unspecified atom stereocenters. The van der Waals surface area contributed by atoms with Crippen molar-refractivity contribution in [3.05, 3.63) is 75.5 Å². The molecule has 0 saturated heterocycles. The number of carbonyl (C=O) groups is 1. The molecule has 3 aromatic rings. The van der Waals surface area contributed by atoms with Gasteiger partial charge in [0.1, 0.15) is 5.82 Å². The Hall–Kier alpha value is -2.31. The minimum absolute atomic E-state index is 0.260. The van der Waals surface area contributed by atoms with Gasteiger partial charge in [0.05, 0.1) is 5.69 Å². The monoisotopic (exact) mass is 405 g/mol. The van der Waals surface area contributed by atoms with Gasteiger partial charge in [-0.2, -0.15) is 0 Å². The lowest BCUT2D eigenvalue weighted by atomic mass is 10.1. The van der Waals surface area contributed by atoms with Crippen LogP contribution in [0.4, 0.5) is 10.2 Å². The molecule has 0 fully saturated rings. The first-order chi connectivity index (χ1) is 11.5. The average molecular weight is 407 g/mol. The van der Waals surface area contributed by atoms with Gasteiger partial charge in [-0.3, -0.25) is 4.79 Å². The van der Waals surface area contributed by atoms with E-state index < -0.39 is 0 Å². The van der Waals surface area contributed by atoms with Crippen LogP contribution in [0.25, 0.3) is 11.3 Å². The van der Waals surface area contributed by atoms with Crippen LogP contribution in [0.2, 0.25) is 5.02 Å². The van der Waals surface area contributed by atoms with Gasteiger partial charge in [-0.05, 0) is 42.5 Å². The van der Waals surface area contributed by atoms with Gasteiger partial charge in [-0.25, -0.2) is 4.39 Å². The average Bonchev–Trinajstić information content (AvgIpc) is 2.55. The van der Waals surface area contributed by atoms with Crippen molar-refractivity contribution in [2.75, 3.05) is 5.32 Å². The van der Waals surface area contributed by atoms with Crippen molar-refractivity contribution in [3.63, 3.8) is 0 Å². The number of hydrogen-bond acceptors (Lipinski definition) is 3. The number of hydrogen-bond donors (Lipinski definition) is 1. The molecule has 0 atom stereocenters.